The number of anilines is 1. The fourth-order valence-electron chi connectivity index (χ4n) is 5.13. The zero-order chi connectivity index (χ0) is 21.5. The van der Waals surface area contributed by atoms with Crippen molar-refractivity contribution in [3.8, 4) is 5.75 Å². The molecule has 0 aliphatic carbocycles. The topological polar surface area (TPSA) is 44.8 Å². The molecule has 0 spiro atoms. The lowest BCUT2D eigenvalue weighted by Gasteiger charge is -2.43. The Labute approximate surface area is 186 Å². The van der Waals surface area contributed by atoms with Gasteiger partial charge in [-0.3, -0.25) is 9.69 Å². The number of carbonyl (C=O) groups excluding carboxylic acids is 1. The molecule has 4 rings (SSSR count). The van der Waals surface area contributed by atoms with Gasteiger partial charge >= 0.3 is 0 Å². The predicted molar refractivity (Wildman–Crippen MR) is 125 cm³/mol. The van der Waals surface area contributed by atoms with Crippen LogP contribution in [0.2, 0.25) is 0 Å². The molecule has 1 amide bonds. The number of carbonyl (C=O) groups is 1. The summed E-state index contributed by atoms with van der Waals surface area (Å²) in [5.41, 5.74) is 2.20. The van der Waals surface area contributed by atoms with E-state index in [4.69, 9.17) is 4.74 Å². The van der Waals surface area contributed by atoms with Crippen molar-refractivity contribution in [1.29, 1.82) is 0 Å². The van der Waals surface area contributed by atoms with Crippen molar-refractivity contribution in [1.82, 2.24) is 9.80 Å². The highest BCUT2D eigenvalue weighted by Crippen LogP contribution is 2.29. The molecular weight excluding hydrogens is 386 g/mol. The normalized spacial score (nSPS) is 22.4. The first-order valence-corrected chi connectivity index (χ1v) is 11.7. The number of benzene rings is 2. The minimum absolute atomic E-state index is 0.102. The van der Waals surface area contributed by atoms with Gasteiger partial charge in [-0.25, -0.2) is 0 Å². The van der Waals surface area contributed by atoms with Gasteiger partial charge in [0.15, 0.2) is 0 Å². The molecule has 0 unspecified atom stereocenters. The van der Waals surface area contributed by atoms with Crippen molar-refractivity contribution >= 4 is 11.6 Å². The van der Waals surface area contributed by atoms with Gasteiger partial charge < -0.3 is 15.0 Å². The van der Waals surface area contributed by atoms with Gasteiger partial charge in [0.05, 0.1) is 7.11 Å². The van der Waals surface area contributed by atoms with E-state index in [1.165, 1.54) is 37.9 Å². The van der Waals surface area contributed by atoms with Crippen molar-refractivity contribution in [3.63, 3.8) is 0 Å². The molecule has 5 heteroatoms. The van der Waals surface area contributed by atoms with E-state index in [1.807, 2.05) is 24.3 Å². The molecule has 2 saturated heterocycles. The minimum Gasteiger partial charge on any atom is -0.497 e. The Hall–Kier alpha value is -2.37. The smallest absolute Gasteiger partial charge is 0.224 e. The molecule has 166 valence electrons. The number of rotatable bonds is 8. The molecule has 2 atom stereocenters. The molecule has 2 aliphatic rings. The van der Waals surface area contributed by atoms with Crippen LogP contribution in [-0.4, -0.2) is 55.0 Å². The molecule has 0 radical (unpaired) electrons. The average molecular weight is 422 g/mol. The summed E-state index contributed by atoms with van der Waals surface area (Å²) in [5, 5.41) is 3.05. The summed E-state index contributed by atoms with van der Waals surface area (Å²) in [6, 6.07) is 18.9. The Bertz CT molecular complexity index is 818. The lowest BCUT2D eigenvalue weighted by molar-refractivity contribution is -0.116. The summed E-state index contributed by atoms with van der Waals surface area (Å²) in [7, 11) is 1.65. The SMILES string of the molecule is COc1ccc(NC(=O)CC[C@H]2CN(Cc3ccccc3)CC[C@H]2N2CCCC2)cc1. The van der Waals surface area contributed by atoms with Gasteiger partial charge in [0.2, 0.25) is 5.91 Å². The lowest BCUT2D eigenvalue weighted by atomic mass is 9.86. The van der Waals surface area contributed by atoms with E-state index >= 15 is 0 Å². The summed E-state index contributed by atoms with van der Waals surface area (Å²) >= 11 is 0. The zero-order valence-electron chi connectivity index (χ0n) is 18.6. The van der Waals surface area contributed by atoms with E-state index in [0.717, 1.165) is 37.5 Å². The van der Waals surface area contributed by atoms with Gasteiger partial charge in [0.25, 0.3) is 0 Å². The second-order valence-electron chi connectivity index (χ2n) is 8.90. The summed E-state index contributed by atoms with van der Waals surface area (Å²) in [6.07, 6.45) is 5.34. The number of hydrogen-bond donors (Lipinski definition) is 1. The van der Waals surface area contributed by atoms with Crippen LogP contribution in [0.5, 0.6) is 5.75 Å². The molecule has 2 heterocycles. The predicted octanol–water partition coefficient (Wildman–Crippen LogP) is 4.40. The Morgan fingerprint density at radius 1 is 1.03 bits per heavy atom. The molecular formula is C26H35N3O2. The van der Waals surface area contributed by atoms with Crippen LogP contribution in [0.25, 0.3) is 0 Å². The Morgan fingerprint density at radius 2 is 1.77 bits per heavy atom. The first kappa shape index (κ1) is 21.8. The second kappa shape index (κ2) is 10.8. The van der Waals surface area contributed by atoms with Gasteiger partial charge in [-0.15, -0.1) is 0 Å². The number of hydrogen-bond acceptors (Lipinski definition) is 4. The highest BCUT2D eigenvalue weighted by molar-refractivity contribution is 5.90. The number of ether oxygens (including phenoxy) is 1. The molecule has 2 aromatic carbocycles. The third-order valence-corrected chi connectivity index (χ3v) is 6.75. The van der Waals surface area contributed by atoms with E-state index in [0.29, 0.717) is 18.4 Å². The lowest BCUT2D eigenvalue weighted by Crippen LogP contribution is -2.50. The largest absolute Gasteiger partial charge is 0.497 e. The van der Waals surface area contributed by atoms with E-state index in [2.05, 4.69) is 45.4 Å². The fraction of sp³-hybridized carbons (Fsp3) is 0.500. The van der Waals surface area contributed by atoms with E-state index in [1.54, 1.807) is 7.11 Å². The van der Waals surface area contributed by atoms with Crippen LogP contribution in [0.3, 0.4) is 0 Å². The maximum atomic E-state index is 12.6. The average Bonchev–Trinajstić information content (AvgIpc) is 3.34. The van der Waals surface area contributed by atoms with Gasteiger partial charge in [-0.1, -0.05) is 30.3 Å². The summed E-state index contributed by atoms with van der Waals surface area (Å²) in [4.78, 5) is 17.9. The molecule has 5 nitrogen and oxygen atoms in total. The zero-order valence-corrected chi connectivity index (χ0v) is 18.6. The fourth-order valence-corrected chi connectivity index (χ4v) is 5.13. The summed E-state index contributed by atoms with van der Waals surface area (Å²) in [6.45, 7) is 5.66. The van der Waals surface area contributed by atoms with Gasteiger partial charge in [-0.2, -0.15) is 0 Å². The van der Waals surface area contributed by atoms with Gasteiger partial charge in [-0.05, 0) is 81.1 Å². The first-order valence-electron chi connectivity index (χ1n) is 11.7. The standard InChI is InChI=1S/C26H35N3O2/c1-31-24-12-10-23(11-13-24)27-26(30)14-9-22-20-28(19-21-7-3-2-4-8-21)18-15-25(22)29-16-5-6-17-29/h2-4,7-8,10-13,22,25H,5-6,9,14-20H2,1H3,(H,27,30)/t22-,25+/m0/s1. The highest BCUT2D eigenvalue weighted by atomic mass is 16.5. The quantitative estimate of drug-likeness (QED) is 0.686. The Morgan fingerprint density at radius 3 is 2.48 bits per heavy atom. The van der Waals surface area contributed by atoms with E-state index in [9.17, 15) is 4.79 Å². The van der Waals surface area contributed by atoms with Crippen molar-refractivity contribution < 1.29 is 9.53 Å². The molecule has 2 fully saturated rings. The number of nitrogens with zero attached hydrogens (tertiary/aromatic N) is 2. The van der Waals surface area contributed by atoms with Crippen LogP contribution < -0.4 is 10.1 Å². The van der Waals surface area contributed by atoms with E-state index < -0.39 is 0 Å². The number of methoxy groups -OCH3 is 1. The number of piperidine rings is 1. The van der Waals surface area contributed by atoms with Gasteiger partial charge in [0.1, 0.15) is 5.75 Å². The Balaban J connectivity index is 1.34. The van der Waals surface area contributed by atoms with Crippen LogP contribution in [0, 0.1) is 5.92 Å². The van der Waals surface area contributed by atoms with Crippen LogP contribution in [0.4, 0.5) is 5.69 Å². The maximum Gasteiger partial charge on any atom is 0.224 e. The molecule has 1 N–H and O–H groups in total. The molecule has 31 heavy (non-hydrogen) atoms. The summed E-state index contributed by atoms with van der Waals surface area (Å²) in [5.74, 6) is 1.44. The molecule has 0 saturated carbocycles. The number of nitrogens with one attached hydrogen (secondary N) is 1. The number of amides is 1. The minimum atomic E-state index is 0.102. The third kappa shape index (κ3) is 6.08. The highest BCUT2D eigenvalue weighted by Gasteiger charge is 2.34. The summed E-state index contributed by atoms with van der Waals surface area (Å²) < 4.78 is 5.19. The van der Waals surface area contributed by atoms with Crippen molar-refractivity contribution in [2.75, 3.05) is 38.6 Å². The van der Waals surface area contributed by atoms with Crippen LogP contribution >= 0.6 is 0 Å². The van der Waals surface area contributed by atoms with Crippen LogP contribution in [-0.2, 0) is 11.3 Å². The molecule has 2 aliphatic heterocycles. The van der Waals surface area contributed by atoms with Gasteiger partial charge in [0, 0.05) is 31.2 Å². The second-order valence-corrected chi connectivity index (χ2v) is 8.90. The van der Waals surface area contributed by atoms with Crippen molar-refractivity contribution in [2.45, 2.75) is 44.7 Å². The first-order chi connectivity index (χ1) is 15.2. The monoisotopic (exact) mass is 421 g/mol. The molecule has 2 aromatic rings. The molecule has 0 bridgehead atoms. The third-order valence-electron chi connectivity index (χ3n) is 6.75. The van der Waals surface area contributed by atoms with Crippen LogP contribution in [0.15, 0.2) is 54.6 Å². The molecule has 0 aromatic heterocycles. The van der Waals surface area contributed by atoms with Crippen molar-refractivity contribution in [3.05, 3.63) is 60.2 Å². The Kier molecular flexibility index (Phi) is 7.60. The van der Waals surface area contributed by atoms with Crippen LogP contribution in [0.1, 0.15) is 37.7 Å². The number of likely N-dealkylation sites (tertiary alicyclic amines) is 2. The van der Waals surface area contributed by atoms with E-state index in [-0.39, 0.29) is 5.91 Å². The maximum absolute atomic E-state index is 12.6. The van der Waals surface area contributed by atoms with Crippen molar-refractivity contribution in [2.24, 2.45) is 5.92 Å².